The highest BCUT2D eigenvalue weighted by atomic mass is 16.5. The summed E-state index contributed by atoms with van der Waals surface area (Å²) in [5.41, 5.74) is 2.68. The van der Waals surface area contributed by atoms with Crippen molar-refractivity contribution in [3.63, 3.8) is 0 Å². The van der Waals surface area contributed by atoms with E-state index in [1.54, 1.807) is 24.3 Å². The zero-order valence-electron chi connectivity index (χ0n) is 12.2. The average Bonchev–Trinajstić information content (AvgIpc) is 2.46. The van der Waals surface area contributed by atoms with Crippen LogP contribution in [-0.4, -0.2) is 23.6 Å². The van der Waals surface area contributed by atoms with Crippen molar-refractivity contribution in [3.05, 3.63) is 59.7 Å². The average molecular weight is 299 g/mol. The molecule has 2 rings (SSSR count). The van der Waals surface area contributed by atoms with E-state index in [9.17, 15) is 9.59 Å². The lowest BCUT2D eigenvalue weighted by Gasteiger charge is -2.07. The number of aryl methyl sites for hydroxylation is 1. The van der Waals surface area contributed by atoms with Crippen LogP contribution in [0.25, 0.3) is 0 Å². The number of nitrogens with one attached hydrogen (secondary N) is 1. The number of carbonyl (C=O) groups is 2. The zero-order valence-corrected chi connectivity index (χ0v) is 12.2. The minimum absolute atomic E-state index is 0.107. The summed E-state index contributed by atoms with van der Waals surface area (Å²) in [4.78, 5) is 22.4. The molecule has 1 amide bonds. The first-order chi connectivity index (χ1) is 10.5. The van der Waals surface area contributed by atoms with Gasteiger partial charge in [0.2, 0.25) is 5.91 Å². The molecule has 0 aromatic heterocycles. The molecule has 0 atom stereocenters. The molecule has 2 aromatic rings. The molecule has 0 aliphatic rings. The maximum absolute atomic E-state index is 12.0. The number of rotatable bonds is 6. The van der Waals surface area contributed by atoms with Crippen molar-refractivity contribution in [3.8, 4) is 5.75 Å². The van der Waals surface area contributed by atoms with Crippen LogP contribution in [0.1, 0.15) is 11.1 Å². The van der Waals surface area contributed by atoms with Crippen LogP contribution in [0.15, 0.2) is 48.5 Å². The van der Waals surface area contributed by atoms with Gasteiger partial charge in [0.05, 0.1) is 6.42 Å². The van der Waals surface area contributed by atoms with Crippen molar-refractivity contribution in [2.45, 2.75) is 13.3 Å². The minimum atomic E-state index is -1.03. The second-order valence-corrected chi connectivity index (χ2v) is 4.92. The van der Waals surface area contributed by atoms with Crippen molar-refractivity contribution in [2.75, 3.05) is 11.9 Å². The van der Waals surface area contributed by atoms with Crippen LogP contribution < -0.4 is 10.1 Å². The maximum Gasteiger partial charge on any atom is 0.341 e. The maximum atomic E-state index is 12.0. The van der Waals surface area contributed by atoms with E-state index in [0.717, 1.165) is 16.8 Å². The topological polar surface area (TPSA) is 75.6 Å². The second-order valence-electron chi connectivity index (χ2n) is 4.92. The minimum Gasteiger partial charge on any atom is -0.482 e. The Morgan fingerprint density at radius 1 is 1.14 bits per heavy atom. The second kappa shape index (κ2) is 7.26. The number of carbonyl (C=O) groups excluding carboxylic acids is 1. The first-order valence-corrected chi connectivity index (χ1v) is 6.83. The van der Waals surface area contributed by atoms with Gasteiger partial charge in [0.15, 0.2) is 6.61 Å². The predicted octanol–water partition coefficient (Wildman–Crippen LogP) is 2.64. The summed E-state index contributed by atoms with van der Waals surface area (Å²) in [5.74, 6) is -0.670. The summed E-state index contributed by atoms with van der Waals surface area (Å²) in [7, 11) is 0. The number of hydrogen-bond donors (Lipinski definition) is 2. The number of benzene rings is 2. The highest BCUT2D eigenvalue weighted by Crippen LogP contribution is 2.14. The van der Waals surface area contributed by atoms with Gasteiger partial charge in [-0.05, 0) is 42.3 Å². The van der Waals surface area contributed by atoms with E-state index in [4.69, 9.17) is 9.84 Å². The lowest BCUT2D eigenvalue weighted by molar-refractivity contribution is -0.139. The molecule has 0 unspecified atom stereocenters. The van der Waals surface area contributed by atoms with Crippen molar-refractivity contribution in [1.82, 2.24) is 0 Å². The molecule has 0 aliphatic carbocycles. The van der Waals surface area contributed by atoms with E-state index >= 15 is 0 Å². The Hall–Kier alpha value is -2.82. The Morgan fingerprint density at radius 3 is 2.50 bits per heavy atom. The standard InChI is InChI=1S/C17H17NO4/c1-12-3-2-4-14(9-12)18-16(19)10-13-5-7-15(8-6-13)22-11-17(20)21/h2-9H,10-11H2,1H3,(H,18,19)(H,20,21). The smallest absolute Gasteiger partial charge is 0.341 e. The van der Waals surface area contributed by atoms with Crippen LogP contribution in [0.5, 0.6) is 5.75 Å². The summed E-state index contributed by atoms with van der Waals surface area (Å²) in [6, 6.07) is 14.4. The molecule has 2 N–H and O–H groups in total. The van der Waals surface area contributed by atoms with Crippen molar-refractivity contribution in [1.29, 1.82) is 0 Å². The molecule has 0 heterocycles. The van der Waals surface area contributed by atoms with Gasteiger partial charge in [0, 0.05) is 5.69 Å². The molecule has 0 saturated heterocycles. The van der Waals surface area contributed by atoms with Crippen molar-refractivity contribution < 1.29 is 19.4 Å². The van der Waals surface area contributed by atoms with Gasteiger partial charge in [0.1, 0.15) is 5.75 Å². The third-order valence-electron chi connectivity index (χ3n) is 2.95. The summed E-state index contributed by atoms with van der Waals surface area (Å²) in [6.07, 6.45) is 0.243. The Labute approximate surface area is 128 Å². The molecule has 5 nitrogen and oxygen atoms in total. The van der Waals surface area contributed by atoms with Gasteiger partial charge < -0.3 is 15.2 Å². The SMILES string of the molecule is Cc1cccc(NC(=O)Cc2ccc(OCC(=O)O)cc2)c1. The normalized spacial score (nSPS) is 10.0. The Balaban J connectivity index is 1.90. The van der Waals surface area contributed by atoms with Crippen LogP contribution in [0.2, 0.25) is 0 Å². The van der Waals surface area contributed by atoms with Gasteiger partial charge >= 0.3 is 5.97 Å². The largest absolute Gasteiger partial charge is 0.482 e. The lowest BCUT2D eigenvalue weighted by atomic mass is 10.1. The molecule has 0 fully saturated rings. The molecular formula is C17H17NO4. The van der Waals surface area contributed by atoms with E-state index in [0.29, 0.717) is 5.75 Å². The van der Waals surface area contributed by atoms with E-state index in [-0.39, 0.29) is 18.9 Å². The highest BCUT2D eigenvalue weighted by Gasteiger charge is 2.05. The Bertz CT molecular complexity index is 665. The molecular weight excluding hydrogens is 282 g/mol. The molecule has 114 valence electrons. The molecule has 0 saturated carbocycles. The number of aliphatic carboxylic acids is 1. The fraction of sp³-hybridized carbons (Fsp3) is 0.176. The van der Waals surface area contributed by atoms with Gasteiger partial charge in [-0.2, -0.15) is 0 Å². The van der Waals surface area contributed by atoms with Gasteiger partial charge in [0.25, 0.3) is 0 Å². The third kappa shape index (κ3) is 4.94. The molecule has 0 bridgehead atoms. The van der Waals surface area contributed by atoms with Crippen molar-refractivity contribution >= 4 is 17.6 Å². The van der Waals surface area contributed by atoms with Crippen LogP contribution in [0.3, 0.4) is 0 Å². The van der Waals surface area contributed by atoms with Gasteiger partial charge in [-0.15, -0.1) is 0 Å². The van der Waals surface area contributed by atoms with Gasteiger partial charge in [-0.25, -0.2) is 4.79 Å². The number of ether oxygens (including phenoxy) is 1. The first kappa shape index (κ1) is 15.6. The van der Waals surface area contributed by atoms with Crippen LogP contribution >= 0.6 is 0 Å². The molecule has 22 heavy (non-hydrogen) atoms. The number of anilines is 1. The number of carboxylic acid groups (broad SMARTS) is 1. The Morgan fingerprint density at radius 2 is 1.86 bits per heavy atom. The fourth-order valence-corrected chi connectivity index (χ4v) is 1.96. The van der Waals surface area contributed by atoms with E-state index in [2.05, 4.69) is 5.32 Å². The van der Waals surface area contributed by atoms with Crippen molar-refractivity contribution in [2.24, 2.45) is 0 Å². The van der Waals surface area contributed by atoms with E-state index in [1.807, 2.05) is 31.2 Å². The highest BCUT2D eigenvalue weighted by molar-refractivity contribution is 5.92. The summed E-state index contributed by atoms with van der Waals surface area (Å²) in [6.45, 7) is 1.58. The third-order valence-corrected chi connectivity index (χ3v) is 2.95. The van der Waals surface area contributed by atoms with E-state index in [1.165, 1.54) is 0 Å². The number of carboxylic acids is 1. The molecule has 5 heteroatoms. The molecule has 0 spiro atoms. The summed E-state index contributed by atoms with van der Waals surface area (Å²) >= 11 is 0. The molecule has 2 aromatic carbocycles. The summed E-state index contributed by atoms with van der Waals surface area (Å²) < 4.78 is 5.04. The monoisotopic (exact) mass is 299 g/mol. The number of amides is 1. The summed E-state index contributed by atoms with van der Waals surface area (Å²) in [5, 5.41) is 11.4. The first-order valence-electron chi connectivity index (χ1n) is 6.83. The Kier molecular flexibility index (Phi) is 5.14. The van der Waals surface area contributed by atoms with Crippen LogP contribution in [0.4, 0.5) is 5.69 Å². The van der Waals surface area contributed by atoms with Gasteiger partial charge in [-0.1, -0.05) is 24.3 Å². The fourth-order valence-electron chi connectivity index (χ4n) is 1.96. The molecule has 0 aliphatic heterocycles. The molecule has 0 radical (unpaired) electrons. The lowest BCUT2D eigenvalue weighted by Crippen LogP contribution is -2.14. The van der Waals surface area contributed by atoms with E-state index < -0.39 is 5.97 Å². The predicted molar refractivity (Wildman–Crippen MR) is 83.1 cm³/mol. The van der Waals surface area contributed by atoms with Gasteiger partial charge in [-0.3, -0.25) is 4.79 Å². The zero-order chi connectivity index (χ0) is 15.9. The quantitative estimate of drug-likeness (QED) is 0.859. The van der Waals surface area contributed by atoms with Crippen LogP contribution in [0, 0.1) is 6.92 Å². The number of hydrogen-bond acceptors (Lipinski definition) is 3. The van der Waals surface area contributed by atoms with Crippen LogP contribution in [-0.2, 0) is 16.0 Å².